The maximum atomic E-state index is 9.69. The van der Waals surface area contributed by atoms with Gasteiger partial charge < -0.3 is 9.52 Å². The molecule has 0 spiro atoms. The van der Waals surface area contributed by atoms with Gasteiger partial charge in [-0.1, -0.05) is 20.8 Å². The molecule has 98 valence electrons. The first-order chi connectivity index (χ1) is 7.58. The van der Waals surface area contributed by atoms with E-state index in [0.29, 0.717) is 24.9 Å². The molecule has 0 bridgehead atoms. The zero-order valence-electron chi connectivity index (χ0n) is 11.6. The van der Waals surface area contributed by atoms with Gasteiger partial charge in [-0.2, -0.15) is 0 Å². The van der Waals surface area contributed by atoms with Crippen molar-refractivity contribution in [3.05, 3.63) is 11.8 Å². The summed E-state index contributed by atoms with van der Waals surface area (Å²) in [4.78, 5) is 1.96. The predicted octanol–water partition coefficient (Wildman–Crippen LogP) is 1.57. The molecule has 0 aliphatic heterocycles. The van der Waals surface area contributed by atoms with Crippen molar-refractivity contribution in [2.24, 2.45) is 0 Å². The predicted molar refractivity (Wildman–Crippen MR) is 65.6 cm³/mol. The van der Waals surface area contributed by atoms with Crippen molar-refractivity contribution >= 4 is 0 Å². The Morgan fingerprint density at radius 3 is 2.18 bits per heavy atom. The summed E-state index contributed by atoms with van der Waals surface area (Å²) in [5, 5.41) is 17.7. The van der Waals surface area contributed by atoms with Gasteiger partial charge in [0.05, 0.1) is 12.1 Å². The van der Waals surface area contributed by atoms with Crippen molar-refractivity contribution in [2.75, 3.05) is 13.6 Å². The van der Waals surface area contributed by atoms with Gasteiger partial charge in [0.2, 0.25) is 11.8 Å². The zero-order valence-corrected chi connectivity index (χ0v) is 11.6. The second-order valence-corrected chi connectivity index (χ2v) is 6.24. The van der Waals surface area contributed by atoms with Crippen LogP contribution in [-0.2, 0) is 12.0 Å². The first kappa shape index (κ1) is 14.1. The minimum atomic E-state index is -0.721. The summed E-state index contributed by atoms with van der Waals surface area (Å²) in [7, 11) is 1.92. The third kappa shape index (κ3) is 4.83. The van der Waals surface area contributed by atoms with Crippen molar-refractivity contribution in [3.8, 4) is 0 Å². The van der Waals surface area contributed by atoms with Crippen LogP contribution in [0.25, 0.3) is 0 Å². The lowest BCUT2D eigenvalue weighted by atomic mass is 9.97. The van der Waals surface area contributed by atoms with Crippen LogP contribution >= 0.6 is 0 Å². The molecule has 1 heterocycles. The molecule has 0 aliphatic rings. The quantitative estimate of drug-likeness (QED) is 0.867. The van der Waals surface area contributed by atoms with Crippen LogP contribution in [0.4, 0.5) is 0 Å². The minimum absolute atomic E-state index is 0.125. The van der Waals surface area contributed by atoms with Crippen molar-refractivity contribution in [2.45, 2.75) is 52.2 Å². The zero-order chi connectivity index (χ0) is 13.3. The molecule has 1 N–H and O–H groups in total. The lowest BCUT2D eigenvalue weighted by Gasteiger charge is -2.24. The normalized spacial score (nSPS) is 13.4. The molecular weight excluding hydrogens is 218 g/mol. The molecule has 0 radical (unpaired) electrons. The topological polar surface area (TPSA) is 62.4 Å². The van der Waals surface area contributed by atoms with Gasteiger partial charge >= 0.3 is 0 Å². The largest absolute Gasteiger partial charge is 0.423 e. The molecule has 1 aromatic rings. The first-order valence-electron chi connectivity index (χ1n) is 5.82. The van der Waals surface area contributed by atoms with Gasteiger partial charge in [0.25, 0.3) is 0 Å². The number of hydrogen-bond donors (Lipinski definition) is 1. The monoisotopic (exact) mass is 241 g/mol. The van der Waals surface area contributed by atoms with Crippen molar-refractivity contribution < 1.29 is 9.52 Å². The smallest absolute Gasteiger partial charge is 0.230 e. The van der Waals surface area contributed by atoms with E-state index >= 15 is 0 Å². The summed E-state index contributed by atoms with van der Waals surface area (Å²) in [5.41, 5.74) is -0.846. The highest BCUT2D eigenvalue weighted by Crippen LogP contribution is 2.20. The third-order valence-electron chi connectivity index (χ3n) is 2.17. The minimum Gasteiger partial charge on any atom is -0.423 e. The van der Waals surface area contributed by atoms with Gasteiger partial charge in [-0.25, -0.2) is 0 Å². The fraction of sp³-hybridized carbons (Fsp3) is 0.833. The van der Waals surface area contributed by atoms with E-state index in [9.17, 15) is 5.11 Å². The van der Waals surface area contributed by atoms with Gasteiger partial charge in [-0.3, -0.25) is 4.90 Å². The standard InChI is InChI=1S/C12H23N3O2/c1-11(2,3)10-14-13-9(17-10)7-15(6)8-12(4,5)16/h16H,7-8H2,1-6H3. The van der Waals surface area contributed by atoms with Crippen molar-refractivity contribution in [3.63, 3.8) is 0 Å². The van der Waals surface area contributed by atoms with Gasteiger partial charge in [0, 0.05) is 12.0 Å². The lowest BCUT2D eigenvalue weighted by Crippen LogP contribution is -2.35. The second kappa shape index (κ2) is 4.74. The Balaban J connectivity index is 2.61. The number of likely N-dealkylation sites (N-methyl/N-ethyl adjacent to an activating group) is 1. The summed E-state index contributed by atoms with van der Waals surface area (Å²) < 4.78 is 5.59. The fourth-order valence-corrected chi connectivity index (χ4v) is 1.57. The van der Waals surface area contributed by atoms with Crippen LogP contribution in [0.3, 0.4) is 0 Å². The highest BCUT2D eigenvalue weighted by atomic mass is 16.4. The SMILES string of the molecule is CN(Cc1nnc(C(C)(C)C)o1)CC(C)(C)O. The molecular formula is C12H23N3O2. The van der Waals surface area contributed by atoms with Crippen LogP contribution in [0.2, 0.25) is 0 Å². The summed E-state index contributed by atoms with van der Waals surface area (Å²) in [6.07, 6.45) is 0. The van der Waals surface area contributed by atoms with Gasteiger partial charge in [0.15, 0.2) is 0 Å². The lowest BCUT2D eigenvalue weighted by molar-refractivity contribution is 0.0400. The van der Waals surface area contributed by atoms with E-state index in [4.69, 9.17) is 4.42 Å². The highest BCUT2D eigenvalue weighted by molar-refractivity contribution is 4.96. The Bertz CT molecular complexity index is 361. The molecule has 17 heavy (non-hydrogen) atoms. The van der Waals surface area contributed by atoms with Crippen LogP contribution in [0, 0.1) is 0 Å². The van der Waals surface area contributed by atoms with E-state index in [1.807, 2.05) is 32.7 Å². The molecule has 0 amide bonds. The molecule has 1 rings (SSSR count). The van der Waals surface area contributed by atoms with Crippen LogP contribution in [0.1, 0.15) is 46.4 Å². The van der Waals surface area contributed by atoms with Crippen molar-refractivity contribution in [1.29, 1.82) is 0 Å². The van der Waals surface area contributed by atoms with Gasteiger partial charge in [-0.15, -0.1) is 10.2 Å². The number of aromatic nitrogens is 2. The van der Waals surface area contributed by atoms with E-state index in [0.717, 1.165) is 0 Å². The Morgan fingerprint density at radius 1 is 1.18 bits per heavy atom. The number of aliphatic hydroxyl groups is 1. The first-order valence-corrected chi connectivity index (χ1v) is 5.82. The van der Waals surface area contributed by atoms with Crippen LogP contribution in [-0.4, -0.2) is 39.4 Å². The summed E-state index contributed by atoms with van der Waals surface area (Å²) in [5.74, 6) is 1.23. The van der Waals surface area contributed by atoms with Crippen LogP contribution in [0.15, 0.2) is 4.42 Å². The second-order valence-electron chi connectivity index (χ2n) is 6.24. The fourth-order valence-electron chi connectivity index (χ4n) is 1.57. The summed E-state index contributed by atoms with van der Waals surface area (Å²) in [6, 6.07) is 0. The van der Waals surface area contributed by atoms with E-state index in [1.54, 1.807) is 13.8 Å². The van der Waals surface area contributed by atoms with E-state index in [-0.39, 0.29) is 5.41 Å². The Morgan fingerprint density at radius 2 is 1.76 bits per heavy atom. The molecule has 0 aliphatic carbocycles. The van der Waals surface area contributed by atoms with Crippen LogP contribution < -0.4 is 0 Å². The van der Waals surface area contributed by atoms with Gasteiger partial charge in [-0.05, 0) is 20.9 Å². The van der Waals surface area contributed by atoms with Gasteiger partial charge in [0.1, 0.15) is 0 Å². The summed E-state index contributed by atoms with van der Waals surface area (Å²) >= 11 is 0. The van der Waals surface area contributed by atoms with E-state index in [1.165, 1.54) is 0 Å². The maximum Gasteiger partial charge on any atom is 0.230 e. The van der Waals surface area contributed by atoms with Crippen LogP contribution in [0.5, 0.6) is 0 Å². The Labute approximate surface area is 103 Å². The third-order valence-corrected chi connectivity index (χ3v) is 2.17. The Hall–Kier alpha value is -0.940. The molecule has 0 unspecified atom stereocenters. The molecule has 5 heteroatoms. The molecule has 0 saturated carbocycles. The van der Waals surface area contributed by atoms with E-state index in [2.05, 4.69) is 10.2 Å². The molecule has 0 saturated heterocycles. The highest BCUT2D eigenvalue weighted by Gasteiger charge is 2.22. The average Bonchev–Trinajstić information content (AvgIpc) is 2.47. The molecule has 5 nitrogen and oxygen atoms in total. The molecule has 0 atom stereocenters. The maximum absolute atomic E-state index is 9.69. The molecule has 0 fully saturated rings. The molecule has 0 aromatic carbocycles. The van der Waals surface area contributed by atoms with Crippen molar-refractivity contribution in [1.82, 2.24) is 15.1 Å². The Kier molecular flexibility index (Phi) is 3.94. The number of hydrogen-bond acceptors (Lipinski definition) is 5. The number of nitrogens with zero attached hydrogens (tertiary/aromatic N) is 3. The average molecular weight is 241 g/mol. The van der Waals surface area contributed by atoms with E-state index < -0.39 is 5.60 Å². The summed E-state index contributed by atoms with van der Waals surface area (Å²) in [6.45, 7) is 10.8. The number of rotatable bonds is 4. The molecule has 1 aromatic heterocycles.